The molecular formula is C23H21NO4. The van der Waals surface area contributed by atoms with Crippen molar-refractivity contribution in [2.24, 2.45) is 0 Å². The number of benzene rings is 3. The summed E-state index contributed by atoms with van der Waals surface area (Å²) in [6, 6.07) is 17.2. The normalized spacial score (nSPS) is 11.0. The second-order valence-corrected chi connectivity index (χ2v) is 6.68. The average Bonchev–Trinajstić information content (AvgIpc) is 3.05. The molecule has 0 bridgehead atoms. The monoisotopic (exact) mass is 375 g/mol. The smallest absolute Gasteiger partial charge is 0.262 e. The van der Waals surface area contributed by atoms with Gasteiger partial charge in [0.25, 0.3) is 5.91 Å². The highest BCUT2D eigenvalue weighted by Gasteiger charge is 2.14. The number of ether oxygens (including phenoxy) is 2. The summed E-state index contributed by atoms with van der Waals surface area (Å²) in [5.41, 5.74) is 4.17. The van der Waals surface area contributed by atoms with E-state index in [1.165, 1.54) is 0 Å². The van der Waals surface area contributed by atoms with Gasteiger partial charge in [0.15, 0.2) is 6.61 Å². The minimum absolute atomic E-state index is 0.0917. The lowest BCUT2D eigenvalue weighted by Gasteiger charge is -2.13. The second-order valence-electron chi connectivity index (χ2n) is 6.68. The molecule has 1 aromatic heterocycles. The van der Waals surface area contributed by atoms with Crippen molar-refractivity contribution in [2.45, 2.75) is 13.8 Å². The van der Waals surface area contributed by atoms with Crippen molar-refractivity contribution in [2.75, 3.05) is 19.0 Å². The molecule has 0 aliphatic carbocycles. The molecule has 1 heterocycles. The van der Waals surface area contributed by atoms with Crippen molar-refractivity contribution >= 4 is 33.5 Å². The molecule has 1 amide bonds. The van der Waals surface area contributed by atoms with E-state index in [0.717, 1.165) is 27.5 Å². The van der Waals surface area contributed by atoms with Crippen LogP contribution in [0.3, 0.4) is 0 Å². The maximum absolute atomic E-state index is 12.4. The molecule has 5 heteroatoms. The molecule has 0 saturated heterocycles. The molecule has 0 aliphatic heterocycles. The fraction of sp³-hybridized carbons (Fsp3) is 0.174. The van der Waals surface area contributed by atoms with Crippen LogP contribution < -0.4 is 14.8 Å². The Balaban J connectivity index is 1.57. The molecule has 0 unspecified atom stereocenters. The number of carbonyl (C=O) groups excluding carboxylic acids is 1. The first-order chi connectivity index (χ1) is 13.6. The number of carbonyl (C=O) groups is 1. The maximum atomic E-state index is 12.4. The van der Waals surface area contributed by atoms with Crippen molar-refractivity contribution in [1.29, 1.82) is 0 Å². The summed E-state index contributed by atoms with van der Waals surface area (Å²) in [5, 5.41) is 4.80. The molecule has 1 N–H and O–H groups in total. The summed E-state index contributed by atoms with van der Waals surface area (Å²) in [6.07, 6.45) is 0. The van der Waals surface area contributed by atoms with Crippen LogP contribution in [0.25, 0.3) is 21.9 Å². The van der Waals surface area contributed by atoms with Crippen LogP contribution in [-0.2, 0) is 4.79 Å². The highest BCUT2D eigenvalue weighted by molar-refractivity contribution is 6.07. The van der Waals surface area contributed by atoms with E-state index in [4.69, 9.17) is 13.9 Å². The first kappa shape index (κ1) is 17.9. The maximum Gasteiger partial charge on any atom is 0.262 e. The summed E-state index contributed by atoms with van der Waals surface area (Å²) < 4.78 is 17.1. The predicted octanol–water partition coefficient (Wildman–Crippen LogP) is 5.23. The molecule has 4 aromatic rings. The van der Waals surface area contributed by atoms with E-state index in [0.29, 0.717) is 22.8 Å². The molecule has 28 heavy (non-hydrogen) atoms. The van der Waals surface area contributed by atoms with Gasteiger partial charge in [-0.25, -0.2) is 0 Å². The molecular weight excluding hydrogens is 354 g/mol. The molecule has 0 spiro atoms. The van der Waals surface area contributed by atoms with Gasteiger partial charge < -0.3 is 19.2 Å². The average molecular weight is 375 g/mol. The van der Waals surface area contributed by atoms with Crippen LogP contribution in [-0.4, -0.2) is 19.6 Å². The number of nitrogens with one attached hydrogen (secondary N) is 1. The lowest BCUT2D eigenvalue weighted by molar-refractivity contribution is -0.118. The van der Waals surface area contributed by atoms with Crippen molar-refractivity contribution < 1.29 is 18.7 Å². The summed E-state index contributed by atoms with van der Waals surface area (Å²) in [5.74, 6) is 1.00. The third kappa shape index (κ3) is 3.27. The van der Waals surface area contributed by atoms with Crippen LogP contribution in [0.5, 0.6) is 11.5 Å². The van der Waals surface area contributed by atoms with Gasteiger partial charge in [-0.15, -0.1) is 0 Å². The van der Waals surface area contributed by atoms with Crippen LogP contribution in [0.4, 0.5) is 5.69 Å². The number of hydrogen-bond donors (Lipinski definition) is 1. The molecule has 3 aromatic carbocycles. The molecule has 0 saturated carbocycles. The number of furan rings is 1. The number of aryl methyl sites for hydroxylation is 1. The summed E-state index contributed by atoms with van der Waals surface area (Å²) >= 11 is 0. The van der Waals surface area contributed by atoms with E-state index in [9.17, 15) is 4.79 Å². The number of para-hydroxylation sites is 1. The Bertz CT molecular complexity index is 1180. The van der Waals surface area contributed by atoms with Gasteiger partial charge in [-0.2, -0.15) is 0 Å². The Hall–Kier alpha value is -3.47. The number of methoxy groups -OCH3 is 1. The second kappa shape index (κ2) is 7.27. The third-order valence-electron chi connectivity index (χ3n) is 4.89. The quantitative estimate of drug-likeness (QED) is 0.519. The number of hydrogen-bond acceptors (Lipinski definition) is 4. The van der Waals surface area contributed by atoms with E-state index in [1.54, 1.807) is 13.2 Å². The largest absolute Gasteiger partial charge is 0.495 e. The van der Waals surface area contributed by atoms with Gasteiger partial charge in [-0.1, -0.05) is 30.3 Å². The van der Waals surface area contributed by atoms with Crippen molar-refractivity contribution in [1.82, 2.24) is 0 Å². The zero-order valence-corrected chi connectivity index (χ0v) is 16.0. The van der Waals surface area contributed by atoms with Crippen LogP contribution in [0, 0.1) is 13.8 Å². The number of anilines is 1. The van der Waals surface area contributed by atoms with Gasteiger partial charge in [-0.3, -0.25) is 4.79 Å². The standard InChI is InChI=1S/C23H21NO4/c1-14-7-6-10-19(15(14)2)27-13-23(25)24-18-12-21-17(11-22(18)26-3)16-8-4-5-9-20(16)28-21/h4-12H,13H2,1-3H3,(H,24,25). The van der Waals surface area contributed by atoms with E-state index in [2.05, 4.69) is 5.32 Å². The Morgan fingerprint density at radius 1 is 0.964 bits per heavy atom. The van der Waals surface area contributed by atoms with Gasteiger partial charge in [0.05, 0.1) is 12.8 Å². The fourth-order valence-corrected chi connectivity index (χ4v) is 3.23. The molecule has 0 aliphatic rings. The summed E-state index contributed by atoms with van der Waals surface area (Å²) in [6.45, 7) is 3.89. The Kier molecular flexibility index (Phi) is 4.65. The molecule has 0 fully saturated rings. The number of amides is 1. The molecule has 0 radical (unpaired) electrons. The Morgan fingerprint density at radius 3 is 2.61 bits per heavy atom. The summed E-state index contributed by atoms with van der Waals surface area (Å²) in [7, 11) is 1.58. The van der Waals surface area contributed by atoms with Gasteiger partial charge in [0, 0.05) is 16.8 Å². The first-order valence-corrected chi connectivity index (χ1v) is 9.05. The Morgan fingerprint density at radius 2 is 1.79 bits per heavy atom. The zero-order chi connectivity index (χ0) is 19.7. The highest BCUT2D eigenvalue weighted by atomic mass is 16.5. The molecule has 4 rings (SSSR count). The minimum Gasteiger partial charge on any atom is -0.495 e. The van der Waals surface area contributed by atoms with Crippen molar-refractivity contribution in [3.05, 3.63) is 65.7 Å². The van der Waals surface area contributed by atoms with Crippen molar-refractivity contribution in [3.8, 4) is 11.5 Å². The van der Waals surface area contributed by atoms with Crippen LogP contribution in [0.2, 0.25) is 0 Å². The Labute approximate surface area is 162 Å². The lowest BCUT2D eigenvalue weighted by atomic mass is 10.1. The SMILES string of the molecule is COc1cc2c(cc1NC(=O)COc1cccc(C)c1C)oc1ccccc12. The van der Waals surface area contributed by atoms with Gasteiger partial charge in [-0.05, 0) is 43.2 Å². The molecule has 5 nitrogen and oxygen atoms in total. The predicted molar refractivity (Wildman–Crippen MR) is 110 cm³/mol. The van der Waals surface area contributed by atoms with E-state index in [-0.39, 0.29) is 12.5 Å². The van der Waals surface area contributed by atoms with Crippen LogP contribution in [0.1, 0.15) is 11.1 Å². The first-order valence-electron chi connectivity index (χ1n) is 9.05. The van der Waals surface area contributed by atoms with Crippen molar-refractivity contribution in [3.63, 3.8) is 0 Å². The highest BCUT2D eigenvalue weighted by Crippen LogP contribution is 2.36. The molecule has 0 atom stereocenters. The van der Waals surface area contributed by atoms with E-state index >= 15 is 0 Å². The number of rotatable bonds is 5. The summed E-state index contributed by atoms with van der Waals surface area (Å²) in [4.78, 5) is 12.4. The van der Waals surface area contributed by atoms with Gasteiger partial charge >= 0.3 is 0 Å². The van der Waals surface area contributed by atoms with Gasteiger partial charge in [0.1, 0.15) is 22.7 Å². The zero-order valence-electron chi connectivity index (χ0n) is 16.0. The van der Waals surface area contributed by atoms with E-state index < -0.39 is 0 Å². The molecule has 142 valence electrons. The van der Waals surface area contributed by atoms with Crippen LogP contribution in [0.15, 0.2) is 59.0 Å². The minimum atomic E-state index is -0.269. The number of fused-ring (bicyclic) bond motifs is 3. The lowest BCUT2D eigenvalue weighted by Crippen LogP contribution is -2.20. The van der Waals surface area contributed by atoms with Gasteiger partial charge in [0.2, 0.25) is 0 Å². The topological polar surface area (TPSA) is 60.7 Å². The van der Waals surface area contributed by atoms with Crippen LogP contribution >= 0.6 is 0 Å². The fourth-order valence-electron chi connectivity index (χ4n) is 3.23. The third-order valence-corrected chi connectivity index (χ3v) is 4.89. The van der Waals surface area contributed by atoms with E-state index in [1.807, 2.05) is 62.4 Å².